The maximum Gasteiger partial charge on any atom is 0.262 e. The van der Waals surface area contributed by atoms with Crippen LogP contribution in [0.5, 0.6) is 0 Å². The van der Waals surface area contributed by atoms with E-state index in [1.165, 1.54) is 11.3 Å². The van der Waals surface area contributed by atoms with Crippen molar-refractivity contribution in [2.75, 3.05) is 7.05 Å². The molecule has 1 aromatic heterocycles. The molecule has 0 saturated heterocycles. The number of hydrogen-bond donors (Lipinski definition) is 1. The molecule has 0 radical (unpaired) electrons. The third-order valence-corrected chi connectivity index (χ3v) is 5.61. The normalized spacial score (nSPS) is 11.6. The highest BCUT2D eigenvalue weighted by molar-refractivity contribution is 7.12. The number of hydrogen-bond acceptors (Lipinski definition) is 3. The van der Waals surface area contributed by atoms with Crippen LogP contribution in [0.3, 0.4) is 0 Å². The lowest BCUT2D eigenvalue weighted by molar-refractivity contribution is -0.132. The Balaban J connectivity index is 1.77. The number of carbonyl (C=O) groups excluding carboxylic acids is 2. The van der Waals surface area contributed by atoms with Crippen LogP contribution in [0.1, 0.15) is 20.8 Å². The molecule has 28 heavy (non-hydrogen) atoms. The first kappa shape index (κ1) is 20.1. The fourth-order valence-corrected chi connectivity index (χ4v) is 3.74. The van der Waals surface area contributed by atoms with E-state index in [0.29, 0.717) is 22.9 Å². The van der Waals surface area contributed by atoms with E-state index in [0.717, 1.165) is 11.1 Å². The summed E-state index contributed by atoms with van der Waals surface area (Å²) >= 11 is 7.58. The Morgan fingerprint density at radius 2 is 1.75 bits per heavy atom. The maximum absolute atomic E-state index is 13.1. The van der Waals surface area contributed by atoms with Gasteiger partial charge in [-0.15, -0.1) is 11.3 Å². The van der Waals surface area contributed by atoms with Crippen molar-refractivity contribution in [1.29, 1.82) is 0 Å². The molecule has 0 bridgehead atoms. The van der Waals surface area contributed by atoms with Gasteiger partial charge >= 0.3 is 0 Å². The Hall–Kier alpha value is -2.63. The van der Waals surface area contributed by atoms with Gasteiger partial charge in [-0.2, -0.15) is 0 Å². The van der Waals surface area contributed by atoms with E-state index in [1.807, 2.05) is 60.0 Å². The van der Waals surface area contributed by atoms with Crippen LogP contribution in [0.2, 0.25) is 5.02 Å². The molecule has 2 aromatic carbocycles. The van der Waals surface area contributed by atoms with Crippen molar-refractivity contribution < 1.29 is 9.59 Å². The lowest BCUT2D eigenvalue weighted by atomic mass is 10.0. The molecule has 0 aliphatic carbocycles. The molecule has 3 aromatic rings. The third kappa shape index (κ3) is 5.21. The van der Waals surface area contributed by atoms with Gasteiger partial charge in [0.1, 0.15) is 6.04 Å². The first-order valence-electron chi connectivity index (χ1n) is 8.91. The number of thiophene rings is 1. The van der Waals surface area contributed by atoms with Gasteiger partial charge in [0.2, 0.25) is 5.91 Å². The number of halogens is 1. The fraction of sp³-hybridized carbons (Fsp3) is 0.182. The highest BCUT2D eigenvalue weighted by Crippen LogP contribution is 2.17. The van der Waals surface area contributed by atoms with E-state index >= 15 is 0 Å². The summed E-state index contributed by atoms with van der Waals surface area (Å²) in [6.07, 6.45) is 0.420. The lowest BCUT2D eigenvalue weighted by Crippen LogP contribution is -2.48. The zero-order chi connectivity index (χ0) is 19.9. The average molecular weight is 413 g/mol. The van der Waals surface area contributed by atoms with Crippen molar-refractivity contribution in [2.24, 2.45) is 0 Å². The van der Waals surface area contributed by atoms with E-state index in [4.69, 9.17) is 11.6 Å². The molecule has 0 aliphatic heterocycles. The minimum Gasteiger partial charge on any atom is -0.340 e. The maximum atomic E-state index is 13.1. The average Bonchev–Trinajstić information content (AvgIpc) is 3.24. The first-order chi connectivity index (χ1) is 13.5. The van der Waals surface area contributed by atoms with Crippen LogP contribution in [-0.2, 0) is 17.8 Å². The van der Waals surface area contributed by atoms with Gasteiger partial charge in [0.05, 0.1) is 4.88 Å². The van der Waals surface area contributed by atoms with Gasteiger partial charge in [-0.3, -0.25) is 9.59 Å². The fourth-order valence-electron chi connectivity index (χ4n) is 2.91. The Morgan fingerprint density at radius 3 is 2.43 bits per heavy atom. The van der Waals surface area contributed by atoms with Crippen LogP contribution in [0.15, 0.2) is 72.1 Å². The van der Waals surface area contributed by atoms with Crippen LogP contribution in [0, 0.1) is 0 Å². The molecule has 1 unspecified atom stereocenters. The van der Waals surface area contributed by atoms with Gasteiger partial charge < -0.3 is 10.2 Å². The molecule has 6 heteroatoms. The van der Waals surface area contributed by atoms with Crippen molar-refractivity contribution in [3.63, 3.8) is 0 Å². The van der Waals surface area contributed by atoms with E-state index < -0.39 is 6.04 Å². The lowest BCUT2D eigenvalue weighted by Gasteiger charge is -2.25. The Kier molecular flexibility index (Phi) is 6.85. The van der Waals surface area contributed by atoms with Crippen LogP contribution < -0.4 is 5.32 Å². The summed E-state index contributed by atoms with van der Waals surface area (Å²) in [5, 5.41) is 5.35. The van der Waals surface area contributed by atoms with Crippen LogP contribution in [-0.4, -0.2) is 29.8 Å². The molecule has 4 nitrogen and oxygen atoms in total. The second-order valence-corrected chi connectivity index (χ2v) is 7.83. The van der Waals surface area contributed by atoms with Crippen LogP contribution in [0.4, 0.5) is 0 Å². The highest BCUT2D eigenvalue weighted by Gasteiger charge is 2.25. The summed E-state index contributed by atoms with van der Waals surface area (Å²) < 4.78 is 0. The Bertz CT molecular complexity index is 929. The predicted molar refractivity (Wildman–Crippen MR) is 114 cm³/mol. The summed E-state index contributed by atoms with van der Waals surface area (Å²) in [7, 11) is 1.72. The minimum absolute atomic E-state index is 0.159. The van der Waals surface area contributed by atoms with E-state index in [2.05, 4.69) is 5.32 Å². The molecule has 3 rings (SSSR count). The number of benzene rings is 2. The Morgan fingerprint density at radius 1 is 1.04 bits per heavy atom. The summed E-state index contributed by atoms with van der Waals surface area (Å²) in [4.78, 5) is 27.9. The minimum atomic E-state index is -0.663. The number of carbonyl (C=O) groups is 2. The molecule has 1 heterocycles. The summed E-state index contributed by atoms with van der Waals surface area (Å²) in [5.41, 5.74) is 1.85. The SMILES string of the molecule is CN(Cc1ccccc1Cl)C(=O)C(Cc1ccccc1)NC(=O)c1cccs1. The van der Waals surface area contributed by atoms with E-state index in [1.54, 1.807) is 24.1 Å². The molecule has 0 spiro atoms. The number of rotatable bonds is 7. The first-order valence-corrected chi connectivity index (χ1v) is 10.2. The van der Waals surface area contributed by atoms with Crippen molar-refractivity contribution in [1.82, 2.24) is 10.2 Å². The largest absolute Gasteiger partial charge is 0.340 e. The van der Waals surface area contributed by atoms with E-state index in [9.17, 15) is 9.59 Å². The van der Waals surface area contributed by atoms with Crippen molar-refractivity contribution in [2.45, 2.75) is 19.0 Å². The molecule has 144 valence electrons. The van der Waals surface area contributed by atoms with Crippen molar-refractivity contribution in [3.05, 3.63) is 93.1 Å². The van der Waals surface area contributed by atoms with Gasteiger partial charge in [0, 0.05) is 25.0 Å². The van der Waals surface area contributed by atoms with Gasteiger partial charge in [-0.25, -0.2) is 0 Å². The molecular weight excluding hydrogens is 392 g/mol. The monoisotopic (exact) mass is 412 g/mol. The van der Waals surface area contributed by atoms with Gasteiger partial charge in [-0.1, -0.05) is 66.2 Å². The summed E-state index contributed by atoms with van der Waals surface area (Å²) in [6, 6.07) is 20.0. The van der Waals surface area contributed by atoms with Crippen molar-refractivity contribution >= 4 is 34.8 Å². The van der Waals surface area contributed by atoms with Crippen LogP contribution >= 0.6 is 22.9 Å². The zero-order valence-corrected chi connectivity index (χ0v) is 17.0. The molecule has 0 saturated carbocycles. The third-order valence-electron chi connectivity index (χ3n) is 4.37. The van der Waals surface area contributed by atoms with Crippen LogP contribution in [0.25, 0.3) is 0 Å². The Labute approximate surface area is 173 Å². The molecule has 0 fully saturated rings. The molecule has 1 atom stereocenters. The summed E-state index contributed by atoms with van der Waals surface area (Å²) in [6.45, 7) is 0.374. The van der Waals surface area contributed by atoms with Gasteiger partial charge in [0.15, 0.2) is 0 Å². The predicted octanol–water partition coefficient (Wildman–Crippen LogP) is 4.40. The topological polar surface area (TPSA) is 49.4 Å². The molecular formula is C22H21ClN2O2S. The van der Waals surface area contributed by atoms with E-state index in [-0.39, 0.29) is 11.8 Å². The number of amides is 2. The molecule has 1 N–H and O–H groups in total. The smallest absolute Gasteiger partial charge is 0.262 e. The quantitative estimate of drug-likeness (QED) is 0.625. The number of nitrogens with one attached hydrogen (secondary N) is 1. The summed E-state index contributed by atoms with van der Waals surface area (Å²) in [5.74, 6) is -0.399. The standard InChI is InChI=1S/C22H21ClN2O2S/c1-25(15-17-10-5-6-11-18(17)23)22(27)19(14-16-8-3-2-4-9-16)24-21(26)20-12-7-13-28-20/h2-13,19H,14-15H2,1H3,(H,24,26). The number of nitrogens with zero attached hydrogens (tertiary/aromatic N) is 1. The van der Waals surface area contributed by atoms with Gasteiger partial charge in [0.25, 0.3) is 5.91 Å². The molecule has 0 aliphatic rings. The second-order valence-electron chi connectivity index (χ2n) is 6.48. The molecule has 2 amide bonds. The second kappa shape index (κ2) is 9.53. The highest BCUT2D eigenvalue weighted by atomic mass is 35.5. The van der Waals surface area contributed by atoms with Gasteiger partial charge in [-0.05, 0) is 28.6 Å². The zero-order valence-electron chi connectivity index (χ0n) is 15.5. The number of likely N-dealkylation sites (N-methyl/N-ethyl adjacent to an activating group) is 1. The van der Waals surface area contributed by atoms with Crippen molar-refractivity contribution in [3.8, 4) is 0 Å².